The Morgan fingerprint density at radius 2 is 1.95 bits per heavy atom. The lowest BCUT2D eigenvalue weighted by molar-refractivity contribution is -0.928. The van der Waals surface area contributed by atoms with Gasteiger partial charge in [-0.15, -0.1) is 0 Å². The Kier molecular flexibility index (Phi) is 3.52. The number of nitrogens with one attached hydrogen (secondary N) is 2. The topological polar surface area (TPSA) is 46.0 Å². The lowest BCUT2D eigenvalue weighted by Gasteiger charge is -2.34. The van der Waals surface area contributed by atoms with Crippen molar-refractivity contribution in [3.05, 3.63) is 48.3 Å². The molecule has 1 aliphatic rings. The van der Waals surface area contributed by atoms with Gasteiger partial charge in [0.2, 0.25) is 0 Å². The molecule has 1 fully saturated rings. The first-order valence-corrected chi connectivity index (χ1v) is 6.63. The second-order valence-corrected chi connectivity index (χ2v) is 4.99. The Morgan fingerprint density at radius 1 is 1.21 bits per heavy atom. The molecular formula is C13H16N3O2S+. The lowest BCUT2D eigenvalue weighted by Crippen LogP contribution is -3.15. The van der Waals surface area contributed by atoms with Crippen molar-refractivity contribution in [2.24, 2.45) is 0 Å². The van der Waals surface area contributed by atoms with Crippen LogP contribution in [-0.2, 0) is 13.1 Å². The molecule has 3 heterocycles. The average molecular weight is 278 g/mol. The largest absolute Gasteiger partial charge is 0.467 e. The first-order chi connectivity index (χ1) is 9.31. The summed E-state index contributed by atoms with van der Waals surface area (Å²) in [4.78, 5) is 3.46. The van der Waals surface area contributed by atoms with Gasteiger partial charge in [0.25, 0.3) is 0 Å². The van der Waals surface area contributed by atoms with Crippen molar-refractivity contribution in [1.29, 1.82) is 0 Å². The van der Waals surface area contributed by atoms with Gasteiger partial charge >= 0.3 is 0 Å². The summed E-state index contributed by atoms with van der Waals surface area (Å²) in [7, 11) is 0. The molecule has 2 aromatic heterocycles. The van der Waals surface area contributed by atoms with E-state index < -0.39 is 0 Å². The van der Waals surface area contributed by atoms with Crippen molar-refractivity contribution >= 4 is 17.3 Å². The van der Waals surface area contributed by atoms with Crippen LogP contribution in [0.1, 0.15) is 11.5 Å². The summed E-state index contributed by atoms with van der Waals surface area (Å²) in [5.74, 6) is 1.91. The van der Waals surface area contributed by atoms with Crippen molar-refractivity contribution < 1.29 is 13.7 Å². The predicted molar refractivity (Wildman–Crippen MR) is 73.1 cm³/mol. The summed E-state index contributed by atoms with van der Waals surface area (Å²) in [5, 5.41) is 4.02. The van der Waals surface area contributed by atoms with E-state index in [4.69, 9.17) is 21.1 Å². The maximum atomic E-state index is 5.39. The van der Waals surface area contributed by atoms with Crippen LogP contribution in [0, 0.1) is 0 Å². The SMILES string of the molecule is S=C1NC[NH+](Cc2ccco2)CN1Cc1ccco1. The molecule has 6 heteroatoms. The minimum absolute atomic E-state index is 0.695. The molecule has 1 unspecified atom stereocenters. The maximum absolute atomic E-state index is 5.39. The molecule has 1 atom stereocenters. The van der Waals surface area contributed by atoms with E-state index in [9.17, 15) is 0 Å². The molecule has 2 aromatic rings. The summed E-state index contributed by atoms with van der Waals surface area (Å²) >= 11 is 5.34. The third-order valence-corrected chi connectivity index (χ3v) is 3.52. The summed E-state index contributed by atoms with van der Waals surface area (Å²) in [6.45, 7) is 3.19. The lowest BCUT2D eigenvalue weighted by atomic mass is 10.4. The van der Waals surface area contributed by atoms with Gasteiger partial charge in [-0.2, -0.15) is 0 Å². The summed E-state index contributed by atoms with van der Waals surface area (Å²) < 4.78 is 10.8. The molecule has 2 N–H and O–H groups in total. The molecule has 1 saturated heterocycles. The van der Waals surface area contributed by atoms with Crippen LogP contribution in [0.15, 0.2) is 45.6 Å². The highest BCUT2D eigenvalue weighted by atomic mass is 32.1. The highest BCUT2D eigenvalue weighted by Crippen LogP contribution is 2.05. The molecule has 0 saturated carbocycles. The number of hydrogen-bond acceptors (Lipinski definition) is 3. The van der Waals surface area contributed by atoms with Crippen LogP contribution in [0.4, 0.5) is 0 Å². The zero-order valence-corrected chi connectivity index (χ0v) is 11.3. The van der Waals surface area contributed by atoms with Crippen molar-refractivity contribution in [3.8, 4) is 0 Å². The fourth-order valence-corrected chi connectivity index (χ4v) is 2.41. The van der Waals surface area contributed by atoms with E-state index in [1.807, 2.05) is 24.3 Å². The van der Waals surface area contributed by atoms with Gasteiger partial charge in [0.1, 0.15) is 12.3 Å². The standard InChI is InChI=1S/C13H15N3O2S/c19-13-14-9-15(7-11-3-1-5-17-11)10-16(13)8-12-4-2-6-18-12/h1-6H,7-10H2,(H,14,19)/p+1. The van der Waals surface area contributed by atoms with Gasteiger partial charge < -0.3 is 14.2 Å². The van der Waals surface area contributed by atoms with Crippen molar-refractivity contribution in [2.75, 3.05) is 13.3 Å². The molecule has 0 bridgehead atoms. The van der Waals surface area contributed by atoms with Gasteiger partial charge in [-0.25, -0.2) is 0 Å². The third-order valence-electron chi connectivity index (χ3n) is 3.12. The van der Waals surface area contributed by atoms with Gasteiger partial charge in [0, 0.05) is 0 Å². The Morgan fingerprint density at radius 3 is 2.63 bits per heavy atom. The highest BCUT2D eigenvalue weighted by Gasteiger charge is 2.24. The minimum Gasteiger partial charge on any atom is -0.467 e. The molecule has 0 amide bonds. The van der Waals surface area contributed by atoms with E-state index in [0.717, 1.165) is 36.5 Å². The first-order valence-electron chi connectivity index (χ1n) is 6.22. The van der Waals surface area contributed by atoms with Gasteiger partial charge in [0.05, 0.1) is 19.1 Å². The van der Waals surface area contributed by atoms with Crippen molar-refractivity contribution in [2.45, 2.75) is 13.1 Å². The Bertz CT molecular complexity index is 524. The molecule has 1 aliphatic heterocycles. The molecule has 5 nitrogen and oxygen atoms in total. The van der Waals surface area contributed by atoms with E-state index in [0.29, 0.717) is 6.54 Å². The molecule has 3 rings (SSSR count). The molecule has 19 heavy (non-hydrogen) atoms. The minimum atomic E-state index is 0.695. The number of rotatable bonds is 4. The van der Waals surface area contributed by atoms with Crippen molar-refractivity contribution in [3.63, 3.8) is 0 Å². The quantitative estimate of drug-likeness (QED) is 0.800. The van der Waals surface area contributed by atoms with Crippen LogP contribution in [-0.4, -0.2) is 23.3 Å². The van der Waals surface area contributed by atoms with E-state index in [1.54, 1.807) is 12.5 Å². The Balaban J connectivity index is 1.62. The van der Waals surface area contributed by atoms with Crippen LogP contribution >= 0.6 is 12.2 Å². The maximum Gasteiger partial charge on any atom is 0.177 e. The van der Waals surface area contributed by atoms with Gasteiger partial charge in [-0.3, -0.25) is 9.80 Å². The molecule has 0 aromatic carbocycles. The van der Waals surface area contributed by atoms with Crippen LogP contribution in [0.25, 0.3) is 0 Å². The van der Waals surface area contributed by atoms with Gasteiger partial charge in [0.15, 0.2) is 24.2 Å². The Hall–Kier alpha value is -1.79. The average Bonchev–Trinajstić information content (AvgIpc) is 3.07. The summed E-state index contributed by atoms with van der Waals surface area (Å²) in [6, 6.07) is 7.76. The number of quaternary nitrogens is 1. The molecule has 0 spiro atoms. The van der Waals surface area contributed by atoms with Gasteiger partial charge in [-0.1, -0.05) is 0 Å². The van der Waals surface area contributed by atoms with E-state index in [2.05, 4.69) is 10.2 Å². The van der Waals surface area contributed by atoms with E-state index >= 15 is 0 Å². The second kappa shape index (κ2) is 5.46. The van der Waals surface area contributed by atoms with E-state index in [1.165, 1.54) is 4.90 Å². The third kappa shape index (κ3) is 2.97. The second-order valence-electron chi connectivity index (χ2n) is 4.60. The van der Waals surface area contributed by atoms with Crippen molar-refractivity contribution in [1.82, 2.24) is 10.2 Å². The molecule has 0 aliphatic carbocycles. The van der Waals surface area contributed by atoms with Crippen LogP contribution in [0.3, 0.4) is 0 Å². The zero-order valence-electron chi connectivity index (χ0n) is 10.5. The van der Waals surface area contributed by atoms with Crippen LogP contribution < -0.4 is 10.2 Å². The smallest absolute Gasteiger partial charge is 0.177 e. The number of furan rings is 2. The molecule has 0 radical (unpaired) electrons. The van der Waals surface area contributed by atoms with E-state index in [-0.39, 0.29) is 0 Å². The van der Waals surface area contributed by atoms with Gasteiger partial charge in [-0.05, 0) is 36.5 Å². The van der Waals surface area contributed by atoms with Crippen LogP contribution in [0.5, 0.6) is 0 Å². The monoisotopic (exact) mass is 278 g/mol. The predicted octanol–water partition coefficient (Wildman–Crippen LogP) is 0.563. The molecular weight excluding hydrogens is 262 g/mol. The number of thiocarbonyl (C=S) groups is 1. The van der Waals surface area contributed by atoms with Crippen LogP contribution in [0.2, 0.25) is 0 Å². The highest BCUT2D eigenvalue weighted by molar-refractivity contribution is 7.80. The molecule has 100 valence electrons. The zero-order chi connectivity index (χ0) is 13.1. The Labute approximate surface area is 116 Å². The summed E-state index contributed by atoms with van der Waals surface area (Å²) in [6.07, 6.45) is 3.39. The number of nitrogens with zero attached hydrogens (tertiary/aromatic N) is 1. The normalized spacial score (nSPS) is 19.5. The first kappa shape index (κ1) is 12.3. The fourth-order valence-electron chi connectivity index (χ4n) is 2.21. The summed E-state index contributed by atoms with van der Waals surface area (Å²) in [5.41, 5.74) is 0. The number of hydrogen-bond donors (Lipinski definition) is 2. The fraction of sp³-hybridized carbons (Fsp3) is 0.308.